The van der Waals surface area contributed by atoms with Gasteiger partial charge in [-0.15, -0.1) is 0 Å². The van der Waals surface area contributed by atoms with Crippen molar-refractivity contribution in [2.45, 2.75) is 0 Å². The number of rotatable bonds is 2. The number of benzene rings is 2. The molecule has 0 bridgehead atoms. The van der Waals surface area contributed by atoms with E-state index >= 15 is 0 Å². The lowest BCUT2D eigenvalue weighted by Gasteiger charge is -2.07. The molecule has 0 aliphatic carbocycles. The molecule has 0 aliphatic rings. The first kappa shape index (κ1) is 12.3. The van der Waals surface area contributed by atoms with Crippen molar-refractivity contribution in [2.75, 3.05) is 12.8 Å². The van der Waals surface area contributed by atoms with Crippen molar-refractivity contribution in [2.24, 2.45) is 0 Å². The first-order valence-corrected chi connectivity index (χ1v) is 6.25. The topological polar surface area (TPSA) is 68.1 Å². The van der Waals surface area contributed by atoms with E-state index in [0.29, 0.717) is 11.1 Å². The maximum Gasteiger partial charge on any atom is 0.256 e. The Kier molecular flexibility index (Phi) is 2.91. The van der Waals surface area contributed by atoms with Crippen LogP contribution in [-0.4, -0.2) is 12.1 Å². The van der Waals surface area contributed by atoms with Crippen LogP contribution in [0.2, 0.25) is 0 Å². The predicted octanol–water partition coefficient (Wildman–Crippen LogP) is 2.79. The van der Waals surface area contributed by atoms with Crippen LogP contribution >= 0.6 is 0 Å². The van der Waals surface area contributed by atoms with Crippen LogP contribution in [0.5, 0.6) is 5.75 Å². The Hall–Kier alpha value is -2.75. The van der Waals surface area contributed by atoms with E-state index in [1.165, 1.54) is 0 Å². The lowest BCUT2D eigenvalue weighted by Crippen LogP contribution is -2.08. The molecule has 1 heterocycles. The maximum absolute atomic E-state index is 12.1. The van der Waals surface area contributed by atoms with Crippen LogP contribution < -0.4 is 16.0 Å². The van der Waals surface area contributed by atoms with E-state index in [0.717, 1.165) is 22.4 Å². The molecule has 3 N–H and O–H groups in total. The number of nitrogens with one attached hydrogen (secondary N) is 1. The van der Waals surface area contributed by atoms with E-state index in [1.807, 2.05) is 30.3 Å². The van der Waals surface area contributed by atoms with Crippen LogP contribution in [0.3, 0.4) is 0 Å². The van der Waals surface area contributed by atoms with Gasteiger partial charge in [0, 0.05) is 27.7 Å². The zero-order valence-corrected chi connectivity index (χ0v) is 11.0. The quantitative estimate of drug-likeness (QED) is 0.701. The third-order valence-corrected chi connectivity index (χ3v) is 3.30. The summed E-state index contributed by atoms with van der Waals surface area (Å²) in [6.07, 6.45) is 0. The zero-order chi connectivity index (χ0) is 14.1. The van der Waals surface area contributed by atoms with Crippen LogP contribution in [0.25, 0.3) is 22.0 Å². The third kappa shape index (κ3) is 2.01. The number of nitrogens with two attached hydrogens (primary N) is 1. The zero-order valence-electron chi connectivity index (χ0n) is 11.0. The predicted molar refractivity (Wildman–Crippen MR) is 81.0 cm³/mol. The second-order valence-corrected chi connectivity index (χ2v) is 4.55. The van der Waals surface area contributed by atoms with Crippen molar-refractivity contribution in [3.05, 3.63) is 58.9 Å². The van der Waals surface area contributed by atoms with E-state index in [-0.39, 0.29) is 5.56 Å². The molecule has 0 spiro atoms. The number of pyridine rings is 1. The Bertz CT molecular complexity index is 837. The molecule has 2 aromatic carbocycles. The highest BCUT2D eigenvalue weighted by molar-refractivity contribution is 5.94. The summed E-state index contributed by atoms with van der Waals surface area (Å²) in [5.74, 6) is 0.740. The Labute approximate surface area is 115 Å². The first-order chi connectivity index (χ1) is 9.69. The second kappa shape index (κ2) is 4.74. The van der Waals surface area contributed by atoms with Gasteiger partial charge in [0.15, 0.2) is 0 Å². The molecule has 0 aliphatic heterocycles. The summed E-state index contributed by atoms with van der Waals surface area (Å²) >= 11 is 0. The maximum atomic E-state index is 12.1. The fourth-order valence-corrected chi connectivity index (χ4v) is 2.26. The Morgan fingerprint density at radius 2 is 1.85 bits per heavy atom. The summed E-state index contributed by atoms with van der Waals surface area (Å²) in [6.45, 7) is 0. The van der Waals surface area contributed by atoms with Crippen molar-refractivity contribution >= 4 is 16.5 Å². The SMILES string of the molecule is COc1cccc(-c2cc3c(N)cccc3c(=O)[nH]2)c1. The largest absolute Gasteiger partial charge is 0.497 e. The summed E-state index contributed by atoms with van der Waals surface area (Å²) in [4.78, 5) is 15.0. The van der Waals surface area contributed by atoms with Gasteiger partial charge in [0.2, 0.25) is 0 Å². The molecule has 4 heteroatoms. The summed E-state index contributed by atoms with van der Waals surface area (Å²) in [6, 6.07) is 14.7. The lowest BCUT2D eigenvalue weighted by atomic mass is 10.1. The molecule has 20 heavy (non-hydrogen) atoms. The van der Waals surface area contributed by atoms with Crippen molar-refractivity contribution < 1.29 is 4.74 Å². The van der Waals surface area contributed by atoms with Crippen molar-refractivity contribution in [3.63, 3.8) is 0 Å². The van der Waals surface area contributed by atoms with Gasteiger partial charge in [-0.2, -0.15) is 0 Å². The molecule has 0 radical (unpaired) electrons. The molecule has 0 unspecified atom stereocenters. The van der Waals surface area contributed by atoms with Crippen LogP contribution in [0, 0.1) is 0 Å². The minimum atomic E-state index is -0.146. The van der Waals surface area contributed by atoms with E-state index in [9.17, 15) is 4.79 Å². The molecule has 3 rings (SSSR count). The van der Waals surface area contributed by atoms with Crippen LogP contribution in [0.1, 0.15) is 0 Å². The number of aromatic amines is 1. The second-order valence-electron chi connectivity index (χ2n) is 4.55. The van der Waals surface area contributed by atoms with Gasteiger partial charge >= 0.3 is 0 Å². The number of anilines is 1. The van der Waals surface area contributed by atoms with Gasteiger partial charge in [-0.3, -0.25) is 4.79 Å². The average Bonchev–Trinajstić information content (AvgIpc) is 2.48. The summed E-state index contributed by atoms with van der Waals surface area (Å²) in [5, 5.41) is 1.35. The number of ether oxygens (including phenoxy) is 1. The third-order valence-electron chi connectivity index (χ3n) is 3.30. The fraction of sp³-hybridized carbons (Fsp3) is 0.0625. The van der Waals surface area contributed by atoms with E-state index in [4.69, 9.17) is 10.5 Å². The van der Waals surface area contributed by atoms with Gasteiger partial charge < -0.3 is 15.5 Å². The van der Waals surface area contributed by atoms with E-state index < -0.39 is 0 Å². The number of nitrogen functional groups attached to an aromatic ring is 1. The highest BCUT2D eigenvalue weighted by Gasteiger charge is 2.06. The highest BCUT2D eigenvalue weighted by Crippen LogP contribution is 2.25. The number of hydrogen-bond acceptors (Lipinski definition) is 3. The molecule has 0 atom stereocenters. The molecule has 0 saturated heterocycles. The summed E-state index contributed by atoms with van der Waals surface area (Å²) < 4.78 is 5.20. The Balaban J connectivity index is 2.27. The van der Waals surface area contributed by atoms with Crippen LogP contribution in [0.15, 0.2) is 53.3 Å². The molecule has 0 fully saturated rings. The molecule has 0 saturated carbocycles. The number of H-pyrrole nitrogens is 1. The van der Waals surface area contributed by atoms with E-state index in [1.54, 1.807) is 25.3 Å². The van der Waals surface area contributed by atoms with Crippen molar-refractivity contribution in [1.82, 2.24) is 4.98 Å². The molecule has 100 valence electrons. The number of hydrogen-bond donors (Lipinski definition) is 2. The van der Waals surface area contributed by atoms with Gasteiger partial charge in [-0.05, 0) is 30.3 Å². The fourth-order valence-electron chi connectivity index (χ4n) is 2.26. The van der Waals surface area contributed by atoms with E-state index in [2.05, 4.69) is 4.98 Å². The van der Waals surface area contributed by atoms with Gasteiger partial charge in [-0.25, -0.2) is 0 Å². The molecule has 0 amide bonds. The first-order valence-electron chi connectivity index (χ1n) is 6.25. The van der Waals surface area contributed by atoms with Crippen molar-refractivity contribution in [3.8, 4) is 17.0 Å². The van der Waals surface area contributed by atoms with Crippen LogP contribution in [-0.2, 0) is 0 Å². The Morgan fingerprint density at radius 1 is 1.05 bits per heavy atom. The Morgan fingerprint density at radius 3 is 2.65 bits per heavy atom. The van der Waals surface area contributed by atoms with Crippen molar-refractivity contribution in [1.29, 1.82) is 0 Å². The normalized spacial score (nSPS) is 10.7. The smallest absolute Gasteiger partial charge is 0.256 e. The standard InChI is InChI=1S/C16H14N2O2/c1-20-11-5-2-4-10(8-11)15-9-13-12(16(19)18-15)6-3-7-14(13)17/h2-9H,17H2,1H3,(H,18,19). The number of methoxy groups -OCH3 is 1. The van der Waals surface area contributed by atoms with Gasteiger partial charge in [-0.1, -0.05) is 18.2 Å². The summed E-state index contributed by atoms with van der Waals surface area (Å²) in [5.41, 5.74) is 8.00. The highest BCUT2D eigenvalue weighted by atomic mass is 16.5. The number of fused-ring (bicyclic) bond motifs is 1. The molecular weight excluding hydrogens is 252 g/mol. The summed E-state index contributed by atoms with van der Waals surface area (Å²) in [7, 11) is 1.61. The monoisotopic (exact) mass is 266 g/mol. The number of aromatic nitrogens is 1. The molecular formula is C16H14N2O2. The van der Waals surface area contributed by atoms with Crippen LogP contribution in [0.4, 0.5) is 5.69 Å². The van der Waals surface area contributed by atoms with Gasteiger partial charge in [0.1, 0.15) is 5.75 Å². The minimum absolute atomic E-state index is 0.146. The average molecular weight is 266 g/mol. The lowest BCUT2D eigenvalue weighted by molar-refractivity contribution is 0.415. The molecule has 3 aromatic rings. The molecule has 4 nitrogen and oxygen atoms in total. The minimum Gasteiger partial charge on any atom is -0.497 e. The van der Waals surface area contributed by atoms with Gasteiger partial charge in [0.25, 0.3) is 5.56 Å². The van der Waals surface area contributed by atoms with Gasteiger partial charge in [0.05, 0.1) is 7.11 Å². The molecule has 1 aromatic heterocycles.